The van der Waals surface area contributed by atoms with Crippen LogP contribution in [0.5, 0.6) is 0 Å². The minimum absolute atomic E-state index is 0.0627. The quantitative estimate of drug-likeness (QED) is 0.0343. The molecule has 0 aromatic heterocycles. The molecule has 1 unspecified atom stereocenters. The van der Waals surface area contributed by atoms with Crippen LogP contribution < -0.4 is 0 Å². The largest absolute Gasteiger partial charge is 0.462 e. The first-order valence-electron chi connectivity index (χ1n) is 32.1. The van der Waals surface area contributed by atoms with E-state index >= 15 is 0 Å². The third-order valence-corrected chi connectivity index (χ3v) is 15.3. The average Bonchev–Trinajstić information content (AvgIpc) is 3.35. The molecule has 0 aliphatic heterocycles. The summed E-state index contributed by atoms with van der Waals surface area (Å²) in [5.74, 6) is 1.74. The summed E-state index contributed by atoms with van der Waals surface area (Å²) in [7, 11) is 0. The van der Waals surface area contributed by atoms with Crippen molar-refractivity contribution < 1.29 is 28.6 Å². The third-order valence-electron chi connectivity index (χ3n) is 15.3. The van der Waals surface area contributed by atoms with E-state index in [1.54, 1.807) is 0 Å². The van der Waals surface area contributed by atoms with Gasteiger partial charge in [-0.1, -0.05) is 324 Å². The first-order valence-corrected chi connectivity index (χ1v) is 32.1. The van der Waals surface area contributed by atoms with E-state index in [1.807, 2.05) is 0 Å². The Morgan fingerprint density at radius 2 is 0.493 bits per heavy atom. The van der Waals surface area contributed by atoms with Gasteiger partial charge in [0.25, 0.3) is 0 Å². The van der Waals surface area contributed by atoms with Gasteiger partial charge in [-0.3, -0.25) is 14.4 Å². The Bertz CT molecular complexity index is 1100. The lowest BCUT2D eigenvalue weighted by atomic mass is 9.99. The van der Waals surface area contributed by atoms with E-state index in [0.29, 0.717) is 19.3 Å². The van der Waals surface area contributed by atoms with Crippen LogP contribution in [0, 0.1) is 17.8 Å². The molecule has 6 heteroatoms. The standard InChI is InChI=1S/C65H126O6/c1-7-61(6)53-47-41-35-29-23-17-14-15-19-25-31-37-43-49-55-64(67)70-58-62(71-65(68)56-50-44-38-32-26-20-22-28-34-40-46-52-60(4)5)57-69-63(66)54-48-42-36-30-24-18-13-11-9-8-10-12-16-21-27-33-39-45-51-59(2)3/h59-62H,7-58H2,1-6H3/t61?,62-/m0/s1. The molecule has 0 heterocycles. The fraction of sp³-hybridized carbons (Fsp3) is 0.954. The van der Waals surface area contributed by atoms with Gasteiger partial charge in [0, 0.05) is 19.3 Å². The fourth-order valence-corrected chi connectivity index (χ4v) is 10.0. The Morgan fingerprint density at radius 3 is 0.732 bits per heavy atom. The molecular weight excluding hydrogens is 877 g/mol. The lowest BCUT2D eigenvalue weighted by Crippen LogP contribution is -2.30. The van der Waals surface area contributed by atoms with Crippen molar-refractivity contribution >= 4 is 17.9 Å². The van der Waals surface area contributed by atoms with Crippen LogP contribution in [0.4, 0.5) is 0 Å². The Kier molecular flexibility index (Phi) is 54.9. The van der Waals surface area contributed by atoms with Gasteiger partial charge >= 0.3 is 17.9 Å². The summed E-state index contributed by atoms with van der Waals surface area (Å²) in [6.45, 7) is 13.8. The van der Waals surface area contributed by atoms with Gasteiger partial charge in [-0.15, -0.1) is 0 Å². The first-order chi connectivity index (χ1) is 34.6. The molecule has 0 N–H and O–H groups in total. The highest BCUT2D eigenvalue weighted by molar-refractivity contribution is 5.71. The molecular formula is C65H126O6. The smallest absolute Gasteiger partial charge is 0.306 e. The van der Waals surface area contributed by atoms with E-state index in [2.05, 4.69) is 41.5 Å². The maximum absolute atomic E-state index is 12.9. The van der Waals surface area contributed by atoms with E-state index in [9.17, 15) is 14.4 Å². The van der Waals surface area contributed by atoms with Gasteiger partial charge in [0.2, 0.25) is 0 Å². The molecule has 0 aliphatic carbocycles. The van der Waals surface area contributed by atoms with E-state index in [0.717, 1.165) is 75.5 Å². The molecule has 71 heavy (non-hydrogen) atoms. The molecule has 0 spiro atoms. The third kappa shape index (κ3) is 57.5. The summed E-state index contributed by atoms with van der Waals surface area (Å²) in [6.07, 6.45) is 61.0. The number of unbranched alkanes of at least 4 members (excludes halogenated alkanes) is 40. The summed E-state index contributed by atoms with van der Waals surface area (Å²) < 4.78 is 17.0. The molecule has 0 rings (SSSR count). The molecule has 0 radical (unpaired) electrons. The van der Waals surface area contributed by atoms with E-state index in [4.69, 9.17) is 14.2 Å². The van der Waals surface area contributed by atoms with Crippen molar-refractivity contribution in [2.24, 2.45) is 17.8 Å². The minimum atomic E-state index is -0.764. The highest BCUT2D eigenvalue weighted by atomic mass is 16.6. The predicted molar refractivity (Wildman–Crippen MR) is 307 cm³/mol. The Morgan fingerprint density at radius 1 is 0.282 bits per heavy atom. The summed E-state index contributed by atoms with van der Waals surface area (Å²) >= 11 is 0. The van der Waals surface area contributed by atoms with Crippen molar-refractivity contribution in [3.63, 3.8) is 0 Å². The number of hydrogen-bond acceptors (Lipinski definition) is 6. The minimum Gasteiger partial charge on any atom is -0.462 e. The molecule has 0 amide bonds. The van der Waals surface area contributed by atoms with Crippen LogP contribution in [0.1, 0.15) is 363 Å². The van der Waals surface area contributed by atoms with Crippen molar-refractivity contribution in [3.05, 3.63) is 0 Å². The van der Waals surface area contributed by atoms with Crippen LogP contribution in [0.15, 0.2) is 0 Å². The van der Waals surface area contributed by atoms with Gasteiger partial charge in [0.15, 0.2) is 6.10 Å². The first kappa shape index (κ1) is 69.4. The molecule has 0 saturated carbocycles. The van der Waals surface area contributed by atoms with Crippen LogP contribution in [-0.4, -0.2) is 37.2 Å². The van der Waals surface area contributed by atoms with Gasteiger partial charge in [0.05, 0.1) is 0 Å². The maximum atomic E-state index is 12.9. The lowest BCUT2D eigenvalue weighted by molar-refractivity contribution is -0.167. The maximum Gasteiger partial charge on any atom is 0.306 e. The van der Waals surface area contributed by atoms with Crippen LogP contribution in [-0.2, 0) is 28.6 Å². The van der Waals surface area contributed by atoms with Crippen LogP contribution in [0.2, 0.25) is 0 Å². The van der Waals surface area contributed by atoms with Gasteiger partial charge < -0.3 is 14.2 Å². The Balaban J connectivity index is 4.26. The fourth-order valence-electron chi connectivity index (χ4n) is 10.0. The number of carbonyl (C=O) groups excluding carboxylic acids is 3. The molecule has 422 valence electrons. The summed E-state index contributed by atoms with van der Waals surface area (Å²) in [5, 5.41) is 0. The van der Waals surface area contributed by atoms with Crippen molar-refractivity contribution in [1.82, 2.24) is 0 Å². The highest BCUT2D eigenvalue weighted by Crippen LogP contribution is 2.19. The Labute approximate surface area is 444 Å². The molecule has 2 atom stereocenters. The molecule has 0 fully saturated rings. The van der Waals surface area contributed by atoms with E-state index in [1.165, 1.54) is 244 Å². The molecule has 6 nitrogen and oxygen atoms in total. The normalized spacial score (nSPS) is 12.5. The van der Waals surface area contributed by atoms with Crippen molar-refractivity contribution in [3.8, 4) is 0 Å². The van der Waals surface area contributed by atoms with Gasteiger partial charge in [-0.25, -0.2) is 0 Å². The number of rotatable bonds is 58. The number of hydrogen-bond donors (Lipinski definition) is 0. The second-order valence-electron chi connectivity index (χ2n) is 23.6. The van der Waals surface area contributed by atoms with Crippen LogP contribution in [0.3, 0.4) is 0 Å². The Hall–Kier alpha value is -1.59. The summed E-state index contributed by atoms with van der Waals surface area (Å²) in [5.41, 5.74) is 0. The molecule has 0 aromatic rings. The van der Waals surface area contributed by atoms with Crippen molar-refractivity contribution in [1.29, 1.82) is 0 Å². The molecule has 0 bridgehead atoms. The molecule has 0 aliphatic rings. The van der Waals surface area contributed by atoms with Gasteiger partial charge in [-0.05, 0) is 37.0 Å². The van der Waals surface area contributed by atoms with Crippen LogP contribution >= 0.6 is 0 Å². The zero-order chi connectivity index (χ0) is 51.9. The summed E-state index contributed by atoms with van der Waals surface area (Å²) in [4.78, 5) is 38.3. The van der Waals surface area contributed by atoms with E-state index in [-0.39, 0.29) is 31.1 Å². The van der Waals surface area contributed by atoms with Crippen molar-refractivity contribution in [2.75, 3.05) is 13.2 Å². The second kappa shape index (κ2) is 56.1. The predicted octanol–water partition coefficient (Wildman–Crippen LogP) is 21.5. The summed E-state index contributed by atoms with van der Waals surface area (Å²) in [6, 6.07) is 0. The SMILES string of the molecule is CCC(C)CCCCCCCCCCCCCCCCC(=O)OC[C@H](COC(=O)CCCCCCCCCCCCCCCCCCCCC(C)C)OC(=O)CCCCCCCCCCCCCC(C)C. The van der Waals surface area contributed by atoms with Crippen LogP contribution in [0.25, 0.3) is 0 Å². The number of esters is 3. The molecule has 0 saturated heterocycles. The monoisotopic (exact) mass is 1000 g/mol. The van der Waals surface area contributed by atoms with E-state index < -0.39 is 6.10 Å². The second-order valence-corrected chi connectivity index (χ2v) is 23.6. The highest BCUT2D eigenvalue weighted by Gasteiger charge is 2.19. The topological polar surface area (TPSA) is 78.9 Å². The number of ether oxygens (including phenoxy) is 3. The zero-order valence-electron chi connectivity index (χ0n) is 49.0. The average molecular weight is 1000 g/mol. The lowest BCUT2D eigenvalue weighted by Gasteiger charge is -2.18. The zero-order valence-corrected chi connectivity index (χ0v) is 49.0. The van der Waals surface area contributed by atoms with Gasteiger partial charge in [0.1, 0.15) is 13.2 Å². The van der Waals surface area contributed by atoms with Gasteiger partial charge in [-0.2, -0.15) is 0 Å². The number of carbonyl (C=O) groups is 3. The van der Waals surface area contributed by atoms with Crippen molar-refractivity contribution in [2.45, 2.75) is 369 Å². The molecule has 0 aromatic carbocycles.